The van der Waals surface area contributed by atoms with E-state index in [-0.39, 0.29) is 5.60 Å². The summed E-state index contributed by atoms with van der Waals surface area (Å²) in [7, 11) is 0. The summed E-state index contributed by atoms with van der Waals surface area (Å²) in [6, 6.07) is 0. The maximum atomic E-state index is 10.7. The minimum absolute atomic E-state index is 0.224. The molecule has 3 aliphatic carbocycles. The zero-order valence-corrected chi connectivity index (χ0v) is 11.3. The molecule has 1 heteroatoms. The maximum absolute atomic E-state index is 10.7. The predicted molar refractivity (Wildman–Crippen MR) is 70.8 cm³/mol. The molecule has 98 valence electrons. The van der Waals surface area contributed by atoms with Crippen molar-refractivity contribution < 1.29 is 5.11 Å². The number of hydrogen-bond donors (Lipinski definition) is 1. The number of aliphatic hydroxyl groups is 1. The van der Waals surface area contributed by atoms with Gasteiger partial charge in [0.2, 0.25) is 0 Å². The fourth-order valence-electron chi connectivity index (χ4n) is 4.86. The van der Waals surface area contributed by atoms with Gasteiger partial charge >= 0.3 is 0 Å². The molecule has 3 aliphatic rings. The second-order valence-electron chi connectivity index (χ2n) is 7.00. The molecular formula is C16H28O. The van der Waals surface area contributed by atoms with E-state index in [1.54, 1.807) is 0 Å². The van der Waals surface area contributed by atoms with Gasteiger partial charge in [0.05, 0.1) is 5.60 Å². The Bertz CT molecular complexity index is 275. The zero-order valence-electron chi connectivity index (χ0n) is 11.3. The first-order chi connectivity index (χ1) is 8.24. The second-order valence-corrected chi connectivity index (χ2v) is 7.00. The number of fused-ring (bicyclic) bond motifs is 1. The van der Waals surface area contributed by atoms with Crippen LogP contribution in [-0.2, 0) is 0 Å². The summed E-state index contributed by atoms with van der Waals surface area (Å²) in [5.74, 6) is 3.29. The Kier molecular flexibility index (Phi) is 3.23. The Morgan fingerprint density at radius 2 is 1.82 bits per heavy atom. The van der Waals surface area contributed by atoms with Crippen LogP contribution in [0.3, 0.4) is 0 Å². The molecule has 3 fully saturated rings. The van der Waals surface area contributed by atoms with Crippen LogP contribution in [0.15, 0.2) is 0 Å². The molecule has 0 spiro atoms. The van der Waals surface area contributed by atoms with Crippen LogP contribution in [0.4, 0.5) is 0 Å². The van der Waals surface area contributed by atoms with E-state index in [4.69, 9.17) is 0 Å². The van der Waals surface area contributed by atoms with Gasteiger partial charge in [-0.3, -0.25) is 0 Å². The lowest BCUT2D eigenvalue weighted by molar-refractivity contribution is 0.00650. The molecule has 0 heterocycles. The van der Waals surface area contributed by atoms with Crippen molar-refractivity contribution in [2.45, 2.75) is 76.7 Å². The largest absolute Gasteiger partial charge is 0.389 e. The van der Waals surface area contributed by atoms with Gasteiger partial charge in [-0.2, -0.15) is 0 Å². The van der Waals surface area contributed by atoms with E-state index >= 15 is 0 Å². The molecule has 0 saturated heterocycles. The van der Waals surface area contributed by atoms with Crippen LogP contribution < -0.4 is 0 Å². The Balaban J connectivity index is 1.59. The van der Waals surface area contributed by atoms with E-state index < -0.39 is 0 Å². The quantitative estimate of drug-likeness (QED) is 0.780. The molecule has 5 unspecified atom stereocenters. The highest BCUT2D eigenvalue weighted by Gasteiger charge is 2.57. The Morgan fingerprint density at radius 3 is 2.59 bits per heavy atom. The van der Waals surface area contributed by atoms with Crippen molar-refractivity contribution in [3.63, 3.8) is 0 Å². The molecule has 5 atom stereocenters. The van der Waals surface area contributed by atoms with Crippen LogP contribution >= 0.6 is 0 Å². The molecular weight excluding hydrogens is 208 g/mol. The first-order valence-electron chi connectivity index (χ1n) is 7.96. The van der Waals surface area contributed by atoms with Gasteiger partial charge in [-0.05, 0) is 55.8 Å². The molecule has 0 aromatic carbocycles. The van der Waals surface area contributed by atoms with E-state index in [0.29, 0.717) is 11.8 Å². The van der Waals surface area contributed by atoms with E-state index in [1.165, 1.54) is 57.8 Å². The van der Waals surface area contributed by atoms with E-state index in [1.807, 2.05) is 0 Å². The SMILES string of the molecule is CCCC1CC1(O)C1CCC2CCCCC2C1. The molecule has 17 heavy (non-hydrogen) atoms. The average Bonchev–Trinajstić information content (AvgIpc) is 3.01. The van der Waals surface area contributed by atoms with Crippen LogP contribution in [0.2, 0.25) is 0 Å². The molecule has 1 nitrogen and oxygen atoms in total. The average molecular weight is 236 g/mol. The van der Waals surface area contributed by atoms with Crippen molar-refractivity contribution in [3.8, 4) is 0 Å². The number of rotatable bonds is 3. The third-order valence-corrected chi connectivity index (χ3v) is 6.00. The van der Waals surface area contributed by atoms with Gasteiger partial charge < -0.3 is 5.11 Å². The minimum atomic E-state index is -0.224. The summed E-state index contributed by atoms with van der Waals surface area (Å²) in [5, 5.41) is 10.7. The summed E-state index contributed by atoms with van der Waals surface area (Å²) >= 11 is 0. The van der Waals surface area contributed by atoms with E-state index in [0.717, 1.165) is 18.3 Å². The van der Waals surface area contributed by atoms with Crippen molar-refractivity contribution in [2.75, 3.05) is 0 Å². The molecule has 3 rings (SSSR count). The van der Waals surface area contributed by atoms with Gasteiger partial charge in [-0.15, -0.1) is 0 Å². The van der Waals surface area contributed by atoms with Crippen LogP contribution in [-0.4, -0.2) is 10.7 Å². The lowest BCUT2D eigenvalue weighted by Crippen LogP contribution is -2.35. The summed E-state index contributed by atoms with van der Waals surface area (Å²) in [6.45, 7) is 2.25. The molecule has 0 bridgehead atoms. The molecule has 0 amide bonds. The minimum Gasteiger partial charge on any atom is -0.389 e. The molecule has 0 aromatic heterocycles. The molecule has 0 radical (unpaired) electrons. The highest BCUT2D eigenvalue weighted by Crippen LogP contribution is 2.57. The highest BCUT2D eigenvalue weighted by atomic mass is 16.3. The first-order valence-corrected chi connectivity index (χ1v) is 7.96. The summed E-state index contributed by atoms with van der Waals surface area (Å²) in [5.41, 5.74) is -0.224. The normalized spacial score (nSPS) is 49.8. The highest BCUT2D eigenvalue weighted by molar-refractivity contribution is 5.08. The van der Waals surface area contributed by atoms with E-state index in [2.05, 4.69) is 6.92 Å². The van der Waals surface area contributed by atoms with E-state index in [9.17, 15) is 5.11 Å². The lowest BCUT2D eigenvalue weighted by Gasteiger charge is -2.41. The van der Waals surface area contributed by atoms with Crippen LogP contribution in [0.5, 0.6) is 0 Å². The van der Waals surface area contributed by atoms with Gasteiger partial charge in [0.25, 0.3) is 0 Å². The van der Waals surface area contributed by atoms with Gasteiger partial charge in [-0.1, -0.05) is 39.0 Å². The zero-order chi connectivity index (χ0) is 11.9. The van der Waals surface area contributed by atoms with Crippen LogP contribution in [0.1, 0.15) is 71.1 Å². The smallest absolute Gasteiger partial charge is 0.0708 e. The van der Waals surface area contributed by atoms with Gasteiger partial charge in [0, 0.05) is 0 Å². The standard InChI is InChI=1S/C16H28O/c1-2-5-15-11-16(15,17)14-9-8-12-6-3-4-7-13(12)10-14/h12-15,17H,2-11H2,1H3. The monoisotopic (exact) mass is 236 g/mol. The van der Waals surface area contributed by atoms with Crippen molar-refractivity contribution in [3.05, 3.63) is 0 Å². The summed E-state index contributed by atoms with van der Waals surface area (Å²) in [6.07, 6.45) is 13.5. The lowest BCUT2D eigenvalue weighted by atomic mass is 9.65. The molecule has 1 N–H and O–H groups in total. The maximum Gasteiger partial charge on any atom is 0.0708 e. The Hall–Kier alpha value is -0.0400. The Labute approximate surface area is 106 Å². The molecule has 3 saturated carbocycles. The summed E-state index contributed by atoms with van der Waals surface area (Å²) in [4.78, 5) is 0. The topological polar surface area (TPSA) is 20.2 Å². The third kappa shape index (κ3) is 2.16. The second kappa shape index (κ2) is 4.57. The predicted octanol–water partition coefficient (Wildman–Crippen LogP) is 4.14. The van der Waals surface area contributed by atoms with Crippen molar-refractivity contribution in [2.24, 2.45) is 23.7 Å². The van der Waals surface area contributed by atoms with Crippen LogP contribution in [0, 0.1) is 23.7 Å². The van der Waals surface area contributed by atoms with Crippen molar-refractivity contribution >= 4 is 0 Å². The fourth-order valence-corrected chi connectivity index (χ4v) is 4.86. The van der Waals surface area contributed by atoms with Gasteiger partial charge in [0.1, 0.15) is 0 Å². The van der Waals surface area contributed by atoms with Gasteiger partial charge in [0.15, 0.2) is 0 Å². The summed E-state index contributed by atoms with van der Waals surface area (Å²) < 4.78 is 0. The number of hydrogen-bond acceptors (Lipinski definition) is 1. The molecule has 0 aliphatic heterocycles. The van der Waals surface area contributed by atoms with Crippen LogP contribution in [0.25, 0.3) is 0 Å². The first kappa shape index (κ1) is 12.0. The van der Waals surface area contributed by atoms with Gasteiger partial charge in [-0.25, -0.2) is 0 Å². The van der Waals surface area contributed by atoms with Crippen molar-refractivity contribution in [1.29, 1.82) is 0 Å². The van der Waals surface area contributed by atoms with Crippen molar-refractivity contribution in [1.82, 2.24) is 0 Å². The molecule has 0 aromatic rings. The third-order valence-electron chi connectivity index (χ3n) is 6.00. The Morgan fingerprint density at radius 1 is 1.06 bits per heavy atom. The fraction of sp³-hybridized carbons (Fsp3) is 1.00.